The summed E-state index contributed by atoms with van der Waals surface area (Å²) in [6.07, 6.45) is 4.32. The van der Waals surface area contributed by atoms with Gasteiger partial charge in [-0.15, -0.1) is 10.2 Å². The van der Waals surface area contributed by atoms with Crippen LogP contribution >= 0.6 is 0 Å². The third kappa shape index (κ3) is 4.15. The number of carbonyl (C=O) groups excluding carboxylic acids is 1. The maximum Gasteiger partial charge on any atom is 0.254 e. The largest absolute Gasteiger partial charge is 0.336 e. The minimum atomic E-state index is 0.0138. The van der Waals surface area contributed by atoms with Gasteiger partial charge in [0, 0.05) is 38.3 Å². The molecule has 2 heterocycles. The van der Waals surface area contributed by atoms with E-state index < -0.39 is 0 Å². The van der Waals surface area contributed by atoms with Crippen LogP contribution in [-0.2, 0) is 0 Å². The average Bonchev–Trinajstić information content (AvgIpc) is 3.29. The maximum absolute atomic E-state index is 13.0. The maximum atomic E-state index is 13.0. The van der Waals surface area contributed by atoms with Crippen molar-refractivity contribution < 1.29 is 4.79 Å². The first kappa shape index (κ1) is 18.1. The van der Waals surface area contributed by atoms with Crippen LogP contribution in [0.4, 0.5) is 0 Å². The van der Waals surface area contributed by atoms with Gasteiger partial charge in [-0.05, 0) is 16.8 Å². The van der Waals surface area contributed by atoms with Gasteiger partial charge in [0.1, 0.15) is 0 Å². The average molecular weight is 374 g/mol. The lowest BCUT2D eigenvalue weighted by molar-refractivity contribution is 0.0651. The number of nitrogens with one attached hydrogen (secondary N) is 1. The molecule has 142 valence electrons. The summed E-state index contributed by atoms with van der Waals surface area (Å²) in [5, 5.41) is 14.1. The zero-order valence-electron chi connectivity index (χ0n) is 15.5. The van der Waals surface area contributed by atoms with Crippen molar-refractivity contribution in [3.05, 3.63) is 71.8 Å². The molecular formula is C21H22N6O. The summed E-state index contributed by atoms with van der Waals surface area (Å²) >= 11 is 0. The van der Waals surface area contributed by atoms with Crippen LogP contribution in [-0.4, -0.2) is 69.1 Å². The molecule has 0 unspecified atom stereocenters. The Morgan fingerprint density at radius 3 is 2.50 bits per heavy atom. The summed E-state index contributed by atoms with van der Waals surface area (Å²) in [5.74, 6) is 0.452. The second-order valence-corrected chi connectivity index (χ2v) is 6.69. The van der Waals surface area contributed by atoms with Gasteiger partial charge in [-0.25, -0.2) is 0 Å². The van der Waals surface area contributed by atoms with Crippen LogP contribution in [0.2, 0.25) is 0 Å². The zero-order valence-corrected chi connectivity index (χ0v) is 15.5. The van der Waals surface area contributed by atoms with E-state index in [1.807, 2.05) is 47.4 Å². The van der Waals surface area contributed by atoms with Crippen molar-refractivity contribution in [3.63, 3.8) is 0 Å². The molecule has 1 saturated heterocycles. The van der Waals surface area contributed by atoms with Crippen LogP contribution in [0.3, 0.4) is 0 Å². The number of rotatable bonds is 5. The Morgan fingerprint density at radius 2 is 1.75 bits per heavy atom. The van der Waals surface area contributed by atoms with E-state index in [4.69, 9.17) is 0 Å². The van der Waals surface area contributed by atoms with Crippen LogP contribution in [0.25, 0.3) is 17.5 Å². The molecule has 0 bridgehead atoms. The highest BCUT2D eigenvalue weighted by atomic mass is 16.2. The number of tetrazole rings is 1. The fourth-order valence-corrected chi connectivity index (χ4v) is 3.35. The second-order valence-electron chi connectivity index (χ2n) is 6.69. The summed E-state index contributed by atoms with van der Waals surface area (Å²) in [4.78, 5) is 17.3. The van der Waals surface area contributed by atoms with Crippen molar-refractivity contribution in [2.45, 2.75) is 0 Å². The van der Waals surface area contributed by atoms with Gasteiger partial charge in [-0.1, -0.05) is 60.7 Å². The van der Waals surface area contributed by atoms with E-state index in [0.29, 0.717) is 30.0 Å². The van der Waals surface area contributed by atoms with Crippen molar-refractivity contribution in [1.29, 1.82) is 0 Å². The lowest BCUT2D eigenvalue weighted by Gasteiger charge is -2.34. The molecule has 1 N–H and O–H groups in total. The first-order valence-corrected chi connectivity index (χ1v) is 9.37. The third-order valence-corrected chi connectivity index (χ3v) is 4.88. The Hall–Kier alpha value is -3.32. The van der Waals surface area contributed by atoms with Crippen LogP contribution in [0, 0.1) is 0 Å². The number of carbonyl (C=O) groups is 1. The molecule has 0 radical (unpaired) electrons. The van der Waals surface area contributed by atoms with Gasteiger partial charge in [-0.2, -0.15) is 5.21 Å². The molecule has 1 aliphatic heterocycles. The van der Waals surface area contributed by atoms with Crippen molar-refractivity contribution in [3.8, 4) is 11.4 Å². The van der Waals surface area contributed by atoms with Crippen molar-refractivity contribution in [1.82, 2.24) is 30.4 Å². The van der Waals surface area contributed by atoms with Gasteiger partial charge >= 0.3 is 0 Å². The van der Waals surface area contributed by atoms with Gasteiger partial charge in [0.2, 0.25) is 5.82 Å². The first-order valence-electron chi connectivity index (χ1n) is 9.37. The Kier molecular flexibility index (Phi) is 5.53. The third-order valence-electron chi connectivity index (χ3n) is 4.88. The zero-order chi connectivity index (χ0) is 19.2. The molecule has 1 amide bonds. The topological polar surface area (TPSA) is 78.0 Å². The van der Waals surface area contributed by atoms with Gasteiger partial charge in [0.15, 0.2) is 0 Å². The Labute approximate surface area is 163 Å². The fourth-order valence-electron chi connectivity index (χ4n) is 3.35. The number of aromatic amines is 1. The monoisotopic (exact) mass is 374 g/mol. The van der Waals surface area contributed by atoms with E-state index in [1.165, 1.54) is 5.56 Å². The van der Waals surface area contributed by atoms with E-state index in [1.54, 1.807) is 0 Å². The summed E-state index contributed by atoms with van der Waals surface area (Å²) in [6, 6.07) is 17.7. The molecule has 3 aromatic rings. The second kappa shape index (κ2) is 8.58. The molecule has 0 aliphatic carbocycles. The molecule has 0 spiro atoms. The first-order chi connectivity index (χ1) is 13.8. The van der Waals surface area contributed by atoms with Gasteiger partial charge < -0.3 is 4.90 Å². The molecule has 2 aromatic carbocycles. The van der Waals surface area contributed by atoms with E-state index in [-0.39, 0.29) is 5.91 Å². The van der Waals surface area contributed by atoms with Crippen LogP contribution in [0.5, 0.6) is 0 Å². The predicted octanol–water partition coefficient (Wildman–Crippen LogP) is 2.34. The van der Waals surface area contributed by atoms with Crippen molar-refractivity contribution in [2.24, 2.45) is 0 Å². The van der Waals surface area contributed by atoms with Crippen LogP contribution in [0.1, 0.15) is 15.9 Å². The minimum Gasteiger partial charge on any atom is -0.336 e. The molecule has 0 saturated carbocycles. The Balaban J connectivity index is 1.35. The van der Waals surface area contributed by atoms with Crippen molar-refractivity contribution in [2.75, 3.05) is 32.7 Å². The molecule has 0 atom stereocenters. The fraction of sp³-hybridized carbons (Fsp3) is 0.238. The Bertz CT molecular complexity index is 931. The highest BCUT2D eigenvalue weighted by Gasteiger charge is 2.24. The van der Waals surface area contributed by atoms with E-state index in [2.05, 4.69) is 49.8 Å². The highest BCUT2D eigenvalue weighted by molar-refractivity contribution is 6.00. The summed E-state index contributed by atoms with van der Waals surface area (Å²) in [6.45, 7) is 4.01. The quantitative estimate of drug-likeness (QED) is 0.742. The molecule has 1 fully saturated rings. The minimum absolute atomic E-state index is 0.0138. The van der Waals surface area contributed by atoms with E-state index in [0.717, 1.165) is 19.6 Å². The normalized spacial score (nSPS) is 15.2. The number of H-pyrrole nitrogens is 1. The molecule has 1 aliphatic rings. The molecule has 1 aromatic heterocycles. The molecule has 7 nitrogen and oxygen atoms in total. The standard InChI is InChI=1S/C21H22N6O/c28-21(19-11-5-4-10-18(19)20-22-24-25-23-20)27-15-13-26(14-16-27)12-6-9-17-7-2-1-3-8-17/h1-11H,12-16H2,(H,22,23,24,25). The number of hydrogen-bond donors (Lipinski definition) is 1. The summed E-state index contributed by atoms with van der Waals surface area (Å²) in [5.41, 5.74) is 2.52. The lowest BCUT2D eigenvalue weighted by Crippen LogP contribution is -2.48. The van der Waals surface area contributed by atoms with Gasteiger partial charge in [0.25, 0.3) is 5.91 Å². The number of amides is 1. The van der Waals surface area contributed by atoms with E-state index in [9.17, 15) is 4.79 Å². The van der Waals surface area contributed by atoms with E-state index >= 15 is 0 Å². The number of benzene rings is 2. The summed E-state index contributed by atoms with van der Waals surface area (Å²) in [7, 11) is 0. The lowest BCUT2D eigenvalue weighted by atomic mass is 10.1. The van der Waals surface area contributed by atoms with Crippen molar-refractivity contribution >= 4 is 12.0 Å². The molecule has 4 rings (SSSR count). The highest BCUT2D eigenvalue weighted by Crippen LogP contribution is 2.21. The SMILES string of the molecule is O=C(c1ccccc1-c1nn[nH]n1)N1CCN(CC=Cc2ccccc2)CC1. The molecule has 28 heavy (non-hydrogen) atoms. The Morgan fingerprint density at radius 1 is 1.00 bits per heavy atom. The summed E-state index contributed by atoms with van der Waals surface area (Å²) < 4.78 is 0. The van der Waals surface area contributed by atoms with Crippen LogP contribution < -0.4 is 0 Å². The van der Waals surface area contributed by atoms with Gasteiger partial charge in [-0.3, -0.25) is 9.69 Å². The molecule has 7 heteroatoms. The number of aromatic nitrogens is 4. The van der Waals surface area contributed by atoms with Gasteiger partial charge in [0.05, 0.1) is 5.56 Å². The number of hydrogen-bond acceptors (Lipinski definition) is 5. The number of nitrogens with zero attached hydrogens (tertiary/aromatic N) is 5. The predicted molar refractivity (Wildman–Crippen MR) is 107 cm³/mol. The molecular weight excluding hydrogens is 352 g/mol. The smallest absolute Gasteiger partial charge is 0.254 e. The van der Waals surface area contributed by atoms with Crippen LogP contribution in [0.15, 0.2) is 60.7 Å². The number of piperazine rings is 1.